The Balaban J connectivity index is 2.68. The first-order chi connectivity index (χ1) is 10.1. The summed E-state index contributed by atoms with van der Waals surface area (Å²) in [6, 6.07) is 0. The highest BCUT2D eigenvalue weighted by Gasteiger charge is 2.42. The van der Waals surface area contributed by atoms with Crippen LogP contribution < -0.4 is 11.1 Å². The molecule has 0 heterocycles. The van der Waals surface area contributed by atoms with Gasteiger partial charge >= 0.3 is 0 Å². The van der Waals surface area contributed by atoms with E-state index in [2.05, 4.69) is 29.2 Å². The molecule has 1 aliphatic carbocycles. The molecule has 1 amide bonds. The van der Waals surface area contributed by atoms with Crippen LogP contribution in [0.5, 0.6) is 0 Å². The van der Waals surface area contributed by atoms with Crippen molar-refractivity contribution < 1.29 is 10.0 Å². The first-order valence-electron chi connectivity index (χ1n) is 8.09. The molecular formula is C15H30N4O2. The van der Waals surface area contributed by atoms with Crippen LogP contribution in [0.4, 0.5) is 0 Å². The highest BCUT2D eigenvalue weighted by Crippen LogP contribution is 2.35. The molecule has 0 atom stereocenters. The minimum atomic E-state index is -0.825. The van der Waals surface area contributed by atoms with Crippen LogP contribution >= 0.6 is 0 Å². The smallest absolute Gasteiger partial charge is 0.233 e. The summed E-state index contributed by atoms with van der Waals surface area (Å²) >= 11 is 0. The highest BCUT2D eigenvalue weighted by molar-refractivity contribution is 6.06. The van der Waals surface area contributed by atoms with Crippen LogP contribution in [0.1, 0.15) is 52.4 Å². The average molecular weight is 298 g/mol. The van der Waals surface area contributed by atoms with Gasteiger partial charge in [0.05, 0.1) is 0 Å². The van der Waals surface area contributed by atoms with Crippen LogP contribution in [-0.2, 0) is 4.79 Å². The normalized spacial score (nSPS) is 19.3. The highest BCUT2D eigenvalue weighted by atomic mass is 16.4. The lowest BCUT2D eigenvalue weighted by Crippen LogP contribution is -2.51. The van der Waals surface area contributed by atoms with Crippen molar-refractivity contribution in [2.75, 3.05) is 26.2 Å². The number of carbonyl (C=O) groups excluding carboxylic acids is 1. The summed E-state index contributed by atoms with van der Waals surface area (Å²) in [5, 5.41) is 15.2. The van der Waals surface area contributed by atoms with E-state index in [4.69, 9.17) is 10.9 Å². The second kappa shape index (κ2) is 8.87. The van der Waals surface area contributed by atoms with E-state index in [0.717, 1.165) is 45.3 Å². The van der Waals surface area contributed by atoms with Gasteiger partial charge in [-0.1, -0.05) is 44.7 Å². The molecule has 0 bridgehead atoms. The lowest BCUT2D eigenvalue weighted by Gasteiger charge is -2.30. The Morgan fingerprint density at radius 1 is 1.24 bits per heavy atom. The van der Waals surface area contributed by atoms with Gasteiger partial charge in [0.25, 0.3) is 0 Å². The number of hydrogen-bond acceptors (Lipinski definition) is 4. The van der Waals surface area contributed by atoms with Gasteiger partial charge in [-0.2, -0.15) is 0 Å². The van der Waals surface area contributed by atoms with E-state index in [-0.39, 0.29) is 11.7 Å². The van der Waals surface area contributed by atoms with Gasteiger partial charge in [-0.15, -0.1) is 0 Å². The zero-order valence-electron chi connectivity index (χ0n) is 13.4. The van der Waals surface area contributed by atoms with E-state index in [1.807, 2.05) is 0 Å². The van der Waals surface area contributed by atoms with Crippen LogP contribution in [0, 0.1) is 5.41 Å². The molecule has 21 heavy (non-hydrogen) atoms. The number of likely N-dealkylation sites (N-methyl/N-ethyl adjacent to an activating group) is 1. The van der Waals surface area contributed by atoms with Gasteiger partial charge in [-0.3, -0.25) is 4.79 Å². The van der Waals surface area contributed by atoms with Gasteiger partial charge in [0.15, 0.2) is 5.84 Å². The minimum Gasteiger partial charge on any atom is -0.409 e. The van der Waals surface area contributed by atoms with Gasteiger partial charge in [0, 0.05) is 13.1 Å². The Bertz CT molecular complexity index is 346. The number of amidine groups is 1. The molecular weight excluding hydrogens is 268 g/mol. The van der Waals surface area contributed by atoms with E-state index in [1.54, 1.807) is 0 Å². The summed E-state index contributed by atoms with van der Waals surface area (Å²) in [5.74, 6) is -0.0309. The molecule has 1 saturated carbocycles. The van der Waals surface area contributed by atoms with Gasteiger partial charge < -0.3 is 21.2 Å². The van der Waals surface area contributed by atoms with E-state index < -0.39 is 5.41 Å². The van der Waals surface area contributed by atoms with Crippen molar-refractivity contribution in [3.8, 4) is 0 Å². The molecule has 0 aromatic rings. The minimum absolute atomic E-state index is 0.0599. The van der Waals surface area contributed by atoms with Crippen molar-refractivity contribution in [3.05, 3.63) is 0 Å². The van der Waals surface area contributed by atoms with E-state index in [1.165, 1.54) is 0 Å². The third kappa shape index (κ3) is 4.59. The van der Waals surface area contributed by atoms with E-state index in [0.29, 0.717) is 19.4 Å². The number of oxime groups is 1. The summed E-state index contributed by atoms with van der Waals surface area (Å²) < 4.78 is 0. The summed E-state index contributed by atoms with van der Waals surface area (Å²) in [5.41, 5.74) is 5.04. The molecule has 0 aliphatic heterocycles. The van der Waals surface area contributed by atoms with Crippen LogP contribution in [0.15, 0.2) is 5.16 Å². The number of rotatable bonds is 7. The Hall–Kier alpha value is -1.30. The molecule has 0 aromatic carbocycles. The second-order valence-corrected chi connectivity index (χ2v) is 5.76. The van der Waals surface area contributed by atoms with E-state index in [9.17, 15) is 4.79 Å². The first-order valence-corrected chi connectivity index (χ1v) is 8.09. The Morgan fingerprint density at radius 2 is 1.81 bits per heavy atom. The molecule has 0 aromatic heterocycles. The molecule has 6 heteroatoms. The monoisotopic (exact) mass is 298 g/mol. The largest absolute Gasteiger partial charge is 0.409 e. The Labute approximate surface area is 127 Å². The molecule has 0 radical (unpaired) electrons. The summed E-state index contributed by atoms with van der Waals surface area (Å²) in [4.78, 5) is 14.9. The molecule has 1 fully saturated rings. The van der Waals surface area contributed by atoms with Gasteiger partial charge in [-0.05, 0) is 25.9 Å². The quantitative estimate of drug-likeness (QED) is 0.218. The number of carbonyl (C=O) groups is 1. The zero-order chi connectivity index (χ0) is 15.7. The lowest BCUT2D eigenvalue weighted by atomic mass is 9.78. The molecule has 1 rings (SSSR count). The number of hydrogen-bond donors (Lipinski definition) is 3. The third-order valence-electron chi connectivity index (χ3n) is 4.60. The van der Waals surface area contributed by atoms with Crippen molar-refractivity contribution in [2.45, 2.75) is 52.4 Å². The van der Waals surface area contributed by atoms with Crippen LogP contribution in [0.2, 0.25) is 0 Å². The summed E-state index contributed by atoms with van der Waals surface area (Å²) in [6.45, 7) is 7.57. The maximum absolute atomic E-state index is 12.6. The third-order valence-corrected chi connectivity index (χ3v) is 4.60. The van der Waals surface area contributed by atoms with Crippen molar-refractivity contribution >= 4 is 11.7 Å². The van der Waals surface area contributed by atoms with Crippen molar-refractivity contribution in [1.29, 1.82) is 0 Å². The van der Waals surface area contributed by atoms with Crippen molar-refractivity contribution in [3.63, 3.8) is 0 Å². The number of nitrogens with zero attached hydrogens (tertiary/aromatic N) is 2. The fourth-order valence-corrected chi connectivity index (χ4v) is 3.06. The predicted molar refractivity (Wildman–Crippen MR) is 84.3 cm³/mol. The van der Waals surface area contributed by atoms with Crippen LogP contribution in [-0.4, -0.2) is 48.0 Å². The Morgan fingerprint density at radius 3 is 2.29 bits per heavy atom. The van der Waals surface area contributed by atoms with Crippen molar-refractivity contribution in [2.24, 2.45) is 16.3 Å². The maximum Gasteiger partial charge on any atom is 0.233 e. The molecule has 0 spiro atoms. The molecule has 1 aliphatic rings. The van der Waals surface area contributed by atoms with Crippen molar-refractivity contribution in [1.82, 2.24) is 10.2 Å². The second-order valence-electron chi connectivity index (χ2n) is 5.76. The average Bonchev–Trinajstić information content (AvgIpc) is 2.77. The number of nitrogens with two attached hydrogens (primary N) is 1. The fourth-order valence-electron chi connectivity index (χ4n) is 3.06. The molecule has 122 valence electrons. The van der Waals surface area contributed by atoms with Crippen LogP contribution in [0.25, 0.3) is 0 Å². The summed E-state index contributed by atoms with van der Waals surface area (Å²) in [6.07, 6.45) is 5.43. The number of nitrogens with one attached hydrogen (secondary N) is 1. The van der Waals surface area contributed by atoms with Gasteiger partial charge in [0.1, 0.15) is 5.41 Å². The standard InChI is InChI=1S/C15H30N4O2/c1-3-19(4-2)12-11-17-14(20)15(13(16)18-21)9-7-5-6-8-10-15/h21H,3-12H2,1-2H3,(H2,16,18)(H,17,20). The molecule has 0 saturated heterocycles. The zero-order valence-corrected chi connectivity index (χ0v) is 13.4. The molecule has 4 N–H and O–H groups in total. The van der Waals surface area contributed by atoms with Gasteiger partial charge in [0.2, 0.25) is 5.91 Å². The fraction of sp³-hybridized carbons (Fsp3) is 0.867. The van der Waals surface area contributed by atoms with E-state index >= 15 is 0 Å². The Kier molecular flexibility index (Phi) is 7.50. The first kappa shape index (κ1) is 17.8. The molecule has 6 nitrogen and oxygen atoms in total. The maximum atomic E-state index is 12.6. The summed E-state index contributed by atoms with van der Waals surface area (Å²) in [7, 11) is 0. The SMILES string of the molecule is CCN(CC)CCNC(=O)C1(C(N)=NO)CCCCCC1. The predicted octanol–water partition coefficient (Wildman–Crippen LogP) is 1.53. The lowest BCUT2D eigenvalue weighted by molar-refractivity contribution is -0.128. The topological polar surface area (TPSA) is 91.0 Å². The number of amides is 1. The molecule has 0 unspecified atom stereocenters. The van der Waals surface area contributed by atoms with Crippen LogP contribution in [0.3, 0.4) is 0 Å². The van der Waals surface area contributed by atoms with Gasteiger partial charge in [-0.25, -0.2) is 0 Å².